The third-order valence-electron chi connectivity index (χ3n) is 1.93. The van der Waals surface area contributed by atoms with Gasteiger partial charge in [0.2, 0.25) is 0 Å². The maximum atomic E-state index is 11.3. The van der Waals surface area contributed by atoms with Crippen molar-refractivity contribution in [3.8, 4) is 0 Å². The molecular formula is C10H14N2O2. The van der Waals surface area contributed by atoms with E-state index in [0.717, 1.165) is 5.56 Å². The van der Waals surface area contributed by atoms with Crippen molar-refractivity contribution in [2.75, 3.05) is 19.9 Å². The number of nitrogens with two attached hydrogens (primary N) is 1. The van der Waals surface area contributed by atoms with Gasteiger partial charge < -0.3 is 15.8 Å². The fourth-order valence-electron chi connectivity index (χ4n) is 1.17. The second kappa shape index (κ2) is 4.62. The Balaban J connectivity index is 2.99. The highest BCUT2D eigenvalue weighted by atomic mass is 16.5. The van der Waals surface area contributed by atoms with Crippen LogP contribution < -0.4 is 11.1 Å². The van der Waals surface area contributed by atoms with E-state index in [9.17, 15) is 4.79 Å². The molecular weight excluding hydrogens is 180 g/mol. The summed E-state index contributed by atoms with van der Waals surface area (Å²) < 4.78 is 4.97. The molecule has 1 aromatic carbocycles. The summed E-state index contributed by atoms with van der Waals surface area (Å²) in [6, 6.07) is 5.13. The predicted molar refractivity (Wildman–Crippen MR) is 55.0 cm³/mol. The van der Waals surface area contributed by atoms with E-state index in [0.29, 0.717) is 17.9 Å². The molecule has 0 atom stereocenters. The van der Waals surface area contributed by atoms with E-state index in [2.05, 4.69) is 5.32 Å². The first-order chi connectivity index (χ1) is 6.69. The van der Waals surface area contributed by atoms with Gasteiger partial charge in [0.15, 0.2) is 0 Å². The zero-order chi connectivity index (χ0) is 10.6. The van der Waals surface area contributed by atoms with Gasteiger partial charge in [0.25, 0.3) is 5.91 Å². The lowest BCUT2D eigenvalue weighted by Crippen LogP contribution is -2.18. The smallest absolute Gasteiger partial charge is 0.251 e. The molecule has 0 unspecified atom stereocenters. The third kappa shape index (κ3) is 2.23. The summed E-state index contributed by atoms with van der Waals surface area (Å²) in [5, 5.41) is 2.55. The maximum Gasteiger partial charge on any atom is 0.251 e. The molecule has 0 aliphatic carbocycles. The van der Waals surface area contributed by atoms with Gasteiger partial charge in [-0.15, -0.1) is 0 Å². The lowest BCUT2D eigenvalue weighted by Gasteiger charge is -2.06. The number of ether oxygens (including phenoxy) is 1. The minimum absolute atomic E-state index is 0.123. The van der Waals surface area contributed by atoms with Crippen molar-refractivity contribution >= 4 is 11.6 Å². The number of rotatable bonds is 3. The van der Waals surface area contributed by atoms with Gasteiger partial charge in [-0.05, 0) is 18.2 Å². The van der Waals surface area contributed by atoms with Crippen LogP contribution in [0.1, 0.15) is 15.9 Å². The number of amides is 1. The molecule has 0 saturated carbocycles. The summed E-state index contributed by atoms with van der Waals surface area (Å²) in [6.07, 6.45) is 0. The highest BCUT2D eigenvalue weighted by molar-refractivity contribution is 5.94. The molecule has 0 radical (unpaired) electrons. The Kier molecular flexibility index (Phi) is 3.48. The number of hydrogen-bond acceptors (Lipinski definition) is 3. The molecule has 0 aliphatic rings. The van der Waals surface area contributed by atoms with Gasteiger partial charge in [0.05, 0.1) is 6.61 Å². The molecule has 4 nitrogen and oxygen atoms in total. The molecule has 0 aromatic heterocycles. The van der Waals surface area contributed by atoms with Gasteiger partial charge in [-0.25, -0.2) is 0 Å². The third-order valence-corrected chi connectivity index (χ3v) is 1.93. The number of carbonyl (C=O) groups excluding carboxylic acids is 1. The van der Waals surface area contributed by atoms with Crippen LogP contribution in [-0.2, 0) is 11.3 Å². The lowest BCUT2D eigenvalue weighted by atomic mass is 10.1. The van der Waals surface area contributed by atoms with Gasteiger partial charge in [-0.2, -0.15) is 0 Å². The summed E-state index contributed by atoms with van der Waals surface area (Å²) in [4.78, 5) is 11.3. The number of anilines is 1. The Morgan fingerprint density at radius 3 is 2.86 bits per heavy atom. The zero-order valence-electron chi connectivity index (χ0n) is 8.33. The molecule has 1 amide bonds. The van der Waals surface area contributed by atoms with Crippen molar-refractivity contribution in [1.29, 1.82) is 0 Å². The van der Waals surface area contributed by atoms with Crippen molar-refractivity contribution in [3.63, 3.8) is 0 Å². The Bertz CT molecular complexity index is 337. The number of hydrogen-bond donors (Lipinski definition) is 2. The first kappa shape index (κ1) is 10.5. The van der Waals surface area contributed by atoms with Crippen molar-refractivity contribution < 1.29 is 9.53 Å². The second-order valence-electron chi connectivity index (χ2n) is 2.93. The molecule has 1 aromatic rings. The minimum Gasteiger partial charge on any atom is -0.398 e. The van der Waals surface area contributed by atoms with Crippen LogP contribution >= 0.6 is 0 Å². The average Bonchev–Trinajstić information content (AvgIpc) is 2.20. The highest BCUT2D eigenvalue weighted by Gasteiger charge is 2.06. The predicted octanol–water partition coefficient (Wildman–Crippen LogP) is 0.775. The summed E-state index contributed by atoms with van der Waals surface area (Å²) in [5.41, 5.74) is 7.76. The van der Waals surface area contributed by atoms with E-state index in [4.69, 9.17) is 10.5 Å². The second-order valence-corrected chi connectivity index (χ2v) is 2.93. The minimum atomic E-state index is -0.123. The van der Waals surface area contributed by atoms with Crippen molar-refractivity contribution in [3.05, 3.63) is 29.3 Å². The monoisotopic (exact) mass is 194 g/mol. The van der Waals surface area contributed by atoms with Crippen LogP contribution in [0.3, 0.4) is 0 Å². The first-order valence-electron chi connectivity index (χ1n) is 4.28. The Morgan fingerprint density at radius 1 is 1.57 bits per heavy atom. The molecule has 0 heterocycles. The van der Waals surface area contributed by atoms with Gasteiger partial charge in [0.1, 0.15) is 0 Å². The van der Waals surface area contributed by atoms with Gasteiger partial charge in [-0.3, -0.25) is 4.79 Å². The van der Waals surface area contributed by atoms with Crippen LogP contribution in [-0.4, -0.2) is 20.1 Å². The topological polar surface area (TPSA) is 64.4 Å². The first-order valence-corrected chi connectivity index (χ1v) is 4.28. The standard InChI is InChI=1S/C10H14N2O2/c1-12-10(13)7-3-4-9(11)8(5-7)6-14-2/h3-5H,6,11H2,1-2H3,(H,12,13). The Labute approximate surface area is 83.1 Å². The number of benzene rings is 1. The van der Waals surface area contributed by atoms with Crippen LogP contribution in [0.5, 0.6) is 0 Å². The molecule has 3 N–H and O–H groups in total. The Hall–Kier alpha value is -1.55. The van der Waals surface area contributed by atoms with E-state index >= 15 is 0 Å². The van der Waals surface area contributed by atoms with Gasteiger partial charge >= 0.3 is 0 Å². The summed E-state index contributed by atoms with van der Waals surface area (Å²) >= 11 is 0. The number of nitrogens with one attached hydrogen (secondary N) is 1. The lowest BCUT2D eigenvalue weighted by molar-refractivity contribution is 0.0963. The van der Waals surface area contributed by atoms with E-state index < -0.39 is 0 Å². The Morgan fingerprint density at radius 2 is 2.29 bits per heavy atom. The van der Waals surface area contributed by atoms with E-state index in [1.54, 1.807) is 32.4 Å². The molecule has 0 spiro atoms. The largest absolute Gasteiger partial charge is 0.398 e. The summed E-state index contributed by atoms with van der Waals surface area (Å²) in [5.74, 6) is -0.123. The van der Waals surface area contributed by atoms with Gasteiger partial charge in [0, 0.05) is 31.0 Å². The van der Waals surface area contributed by atoms with Crippen molar-refractivity contribution in [2.24, 2.45) is 0 Å². The van der Waals surface area contributed by atoms with Crippen LogP contribution in [0.4, 0.5) is 5.69 Å². The van der Waals surface area contributed by atoms with Crippen LogP contribution in [0, 0.1) is 0 Å². The fraction of sp³-hybridized carbons (Fsp3) is 0.300. The molecule has 0 fully saturated rings. The fourth-order valence-corrected chi connectivity index (χ4v) is 1.17. The summed E-state index contributed by atoms with van der Waals surface area (Å²) in [7, 11) is 3.18. The number of carbonyl (C=O) groups is 1. The average molecular weight is 194 g/mol. The normalized spacial score (nSPS) is 9.86. The molecule has 1 rings (SSSR count). The molecule has 0 aliphatic heterocycles. The molecule has 0 bridgehead atoms. The molecule has 76 valence electrons. The van der Waals surface area contributed by atoms with E-state index in [-0.39, 0.29) is 5.91 Å². The van der Waals surface area contributed by atoms with E-state index in [1.807, 2.05) is 0 Å². The van der Waals surface area contributed by atoms with E-state index in [1.165, 1.54) is 0 Å². The highest BCUT2D eigenvalue weighted by Crippen LogP contribution is 2.14. The number of methoxy groups -OCH3 is 1. The van der Waals surface area contributed by atoms with Crippen LogP contribution in [0.25, 0.3) is 0 Å². The molecule has 14 heavy (non-hydrogen) atoms. The van der Waals surface area contributed by atoms with Crippen molar-refractivity contribution in [1.82, 2.24) is 5.32 Å². The summed E-state index contributed by atoms with van der Waals surface area (Å²) in [6.45, 7) is 0.413. The SMILES string of the molecule is CNC(=O)c1ccc(N)c(COC)c1. The van der Waals surface area contributed by atoms with Crippen LogP contribution in [0.2, 0.25) is 0 Å². The van der Waals surface area contributed by atoms with Gasteiger partial charge in [-0.1, -0.05) is 0 Å². The molecule has 0 saturated heterocycles. The number of nitrogen functional groups attached to an aromatic ring is 1. The maximum absolute atomic E-state index is 11.3. The zero-order valence-corrected chi connectivity index (χ0v) is 8.33. The van der Waals surface area contributed by atoms with Crippen LogP contribution in [0.15, 0.2) is 18.2 Å². The molecule has 4 heteroatoms. The van der Waals surface area contributed by atoms with Crippen molar-refractivity contribution in [2.45, 2.75) is 6.61 Å². The quantitative estimate of drug-likeness (QED) is 0.699.